The molecule has 1 amide bonds. The number of aliphatic hydroxyl groups is 1. The van der Waals surface area contributed by atoms with Crippen molar-refractivity contribution in [1.82, 2.24) is 9.62 Å². The van der Waals surface area contributed by atoms with Crippen molar-refractivity contribution in [1.29, 1.82) is 0 Å². The molecule has 0 aromatic heterocycles. The summed E-state index contributed by atoms with van der Waals surface area (Å²) in [5, 5.41) is 12.8. The summed E-state index contributed by atoms with van der Waals surface area (Å²) >= 11 is 0. The van der Waals surface area contributed by atoms with E-state index < -0.39 is 16.1 Å². The van der Waals surface area contributed by atoms with Crippen LogP contribution in [-0.2, 0) is 16.4 Å². The van der Waals surface area contributed by atoms with E-state index >= 15 is 0 Å². The van der Waals surface area contributed by atoms with E-state index in [0.29, 0.717) is 25.1 Å². The van der Waals surface area contributed by atoms with Crippen LogP contribution in [0, 0.1) is 0 Å². The summed E-state index contributed by atoms with van der Waals surface area (Å²) in [6.45, 7) is 1.22. The summed E-state index contributed by atoms with van der Waals surface area (Å²) in [6, 6.07) is 15.5. The summed E-state index contributed by atoms with van der Waals surface area (Å²) in [7, 11) is -3.48. The second-order valence-electron chi connectivity index (χ2n) is 6.69. The fourth-order valence-corrected chi connectivity index (χ4v) is 4.64. The molecule has 0 saturated carbocycles. The largest absolute Gasteiger partial charge is 0.391 e. The Hall–Kier alpha value is -2.22. The van der Waals surface area contributed by atoms with E-state index in [1.54, 1.807) is 0 Å². The molecule has 1 aliphatic rings. The Morgan fingerprint density at radius 3 is 2.30 bits per heavy atom. The second kappa shape index (κ2) is 8.65. The van der Waals surface area contributed by atoms with Gasteiger partial charge in [0.1, 0.15) is 0 Å². The highest BCUT2D eigenvalue weighted by Crippen LogP contribution is 2.21. The van der Waals surface area contributed by atoms with Gasteiger partial charge in [-0.25, -0.2) is 8.42 Å². The van der Waals surface area contributed by atoms with Crippen molar-refractivity contribution in [3.63, 3.8) is 0 Å². The van der Waals surface area contributed by atoms with Crippen LogP contribution in [-0.4, -0.2) is 49.5 Å². The first-order chi connectivity index (χ1) is 13.0. The number of sulfonamides is 1. The number of amides is 1. The van der Waals surface area contributed by atoms with Gasteiger partial charge in [-0.15, -0.1) is 0 Å². The molecular weight excluding hydrogens is 364 g/mol. The highest BCUT2D eigenvalue weighted by molar-refractivity contribution is 7.89. The number of hydrogen-bond donors (Lipinski definition) is 2. The first-order valence-electron chi connectivity index (χ1n) is 9.07. The van der Waals surface area contributed by atoms with Gasteiger partial charge >= 0.3 is 0 Å². The molecule has 1 saturated heterocycles. The third kappa shape index (κ3) is 4.94. The Morgan fingerprint density at radius 2 is 1.67 bits per heavy atom. The third-order valence-corrected chi connectivity index (χ3v) is 6.54. The molecule has 27 heavy (non-hydrogen) atoms. The number of rotatable bonds is 7. The van der Waals surface area contributed by atoms with Crippen molar-refractivity contribution in [2.45, 2.75) is 30.3 Å². The van der Waals surface area contributed by atoms with Gasteiger partial charge in [0.25, 0.3) is 5.91 Å². The molecule has 6 nitrogen and oxygen atoms in total. The lowest BCUT2D eigenvalue weighted by molar-refractivity contribution is 0.0916. The molecular formula is C20H24N2O4S. The third-order valence-electron chi connectivity index (χ3n) is 4.63. The van der Waals surface area contributed by atoms with E-state index in [4.69, 9.17) is 0 Å². The summed E-state index contributed by atoms with van der Waals surface area (Å²) in [4.78, 5) is 12.4. The summed E-state index contributed by atoms with van der Waals surface area (Å²) in [5.74, 6) is -0.341. The van der Waals surface area contributed by atoms with Crippen molar-refractivity contribution < 1.29 is 18.3 Å². The minimum Gasteiger partial charge on any atom is -0.391 e. The van der Waals surface area contributed by atoms with Gasteiger partial charge in [0.05, 0.1) is 11.0 Å². The lowest BCUT2D eigenvalue weighted by Crippen LogP contribution is -2.33. The number of benzene rings is 2. The van der Waals surface area contributed by atoms with Crippen molar-refractivity contribution in [2.24, 2.45) is 0 Å². The van der Waals surface area contributed by atoms with Crippen molar-refractivity contribution in [3.8, 4) is 0 Å². The van der Waals surface area contributed by atoms with Crippen LogP contribution in [0.3, 0.4) is 0 Å². The lowest BCUT2D eigenvalue weighted by atomic mass is 10.1. The molecule has 1 fully saturated rings. The zero-order valence-electron chi connectivity index (χ0n) is 15.0. The molecule has 1 aliphatic heterocycles. The van der Waals surface area contributed by atoms with Crippen LogP contribution in [0.15, 0.2) is 59.5 Å². The Labute approximate surface area is 159 Å². The first-order valence-corrected chi connectivity index (χ1v) is 10.5. The molecule has 0 aliphatic carbocycles. The summed E-state index contributed by atoms with van der Waals surface area (Å²) in [6.07, 6.45) is 1.52. The molecule has 2 N–H and O–H groups in total. The molecule has 2 aromatic rings. The van der Waals surface area contributed by atoms with Crippen LogP contribution in [0.4, 0.5) is 0 Å². The maximum absolute atomic E-state index is 12.5. The average molecular weight is 388 g/mol. The first kappa shape index (κ1) is 19.5. The fraction of sp³-hybridized carbons (Fsp3) is 0.350. The highest BCUT2D eigenvalue weighted by Gasteiger charge is 2.27. The molecule has 0 radical (unpaired) electrons. The van der Waals surface area contributed by atoms with Crippen molar-refractivity contribution in [3.05, 3.63) is 65.7 Å². The Morgan fingerprint density at radius 1 is 1.04 bits per heavy atom. The van der Waals surface area contributed by atoms with Crippen LogP contribution < -0.4 is 5.32 Å². The minimum atomic E-state index is -3.48. The van der Waals surface area contributed by atoms with Crippen LogP contribution in [0.5, 0.6) is 0 Å². The predicted octanol–water partition coefficient (Wildman–Crippen LogP) is 1.80. The Bertz CT molecular complexity index is 861. The number of carbonyl (C=O) groups excluding carboxylic acids is 1. The summed E-state index contributed by atoms with van der Waals surface area (Å²) in [5.41, 5.74) is 1.36. The zero-order chi connectivity index (χ0) is 19.3. The monoisotopic (exact) mass is 388 g/mol. The number of carbonyl (C=O) groups is 1. The smallest absolute Gasteiger partial charge is 0.251 e. The van der Waals surface area contributed by atoms with Gasteiger partial charge in [0.2, 0.25) is 10.0 Å². The van der Waals surface area contributed by atoms with E-state index in [-0.39, 0.29) is 17.3 Å². The molecule has 1 heterocycles. The van der Waals surface area contributed by atoms with Gasteiger partial charge in [0.15, 0.2) is 0 Å². The van der Waals surface area contributed by atoms with E-state index in [2.05, 4.69) is 5.32 Å². The topological polar surface area (TPSA) is 86.7 Å². The standard InChI is InChI=1S/C20H24N2O4S/c23-18(14-16-6-2-1-3-7-16)15-21-20(24)17-8-10-19(11-9-17)27(25,26)22-12-4-5-13-22/h1-3,6-11,18,23H,4-5,12-15H2,(H,21,24). The van der Waals surface area contributed by atoms with Gasteiger partial charge in [-0.3, -0.25) is 4.79 Å². The van der Waals surface area contributed by atoms with Crippen LogP contribution in [0.2, 0.25) is 0 Å². The maximum atomic E-state index is 12.5. The minimum absolute atomic E-state index is 0.127. The molecule has 144 valence electrons. The quantitative estimate of drug-likeness (QED) is 0.757. The highest BCUT2D eigenvalue weighted by atomic mass is 32.2. The number of nitrogens with one attached hydrogen (secondary N) is 1. The van der Waals surface area contributed by atoms with E-state index in [1.165, 1.54) is 28.6 Å². The zero-order valence-corrected chi connectivity index (χ0v) is 15.9. The molecule has 0 spiro atoms. The molecule has 7 heteroatoms. The van der Waals surface area contributed by atoms with Crippen LogP contribution in [0.25, 0.3) is 0 Å². The van der Waals surface area contributed by atoms with Gasteiger partial charge in [-0.1, -0.05) is 30.3 Å². The van der Waals surface area contributed by atoms with Gasteiger partial charge < -0.3 is 10.4 Å². The van der Waals surface area contributed by atoms with E-state index in [9.17, 15) is 18.3 Å². The number of hydrogen-bond acceptors (Lipinski definition) is 4. The number of aliphatic hydroxyl groups excluding tert-OH is 1. The van der Waals surface area contributed by atoms with Gasteiger partial charge in [-0.05, 0) is 42.7 Å². The van der Waals surface area contributed by atoms with Crippen molar-refractivity contribution >= 4 is 15.9 Å². The SMILES string of the molecule is O=C(NCC(O)Cc1ccccc1)c1ccc(S(=O)(=O)N2CCCC2)cc1. The van der Waals surface area contributed by atoms with E-state index in [0.717, 1.165) is 18.4 Å². The Balaban J connectivity index is 1.56. The second-order valence-corrected chi connectivity index (χ2v) is 8.63. The molecule has 0 bridgehead atoms. The van der Waals surface area contributed by atoms with Gasteiger partial charge in [0, 0.05) is 31.6 Å². The average Bonchev–Trinajstić information content (AvgIpc) is 3.23. The normalized spacial score (nSPS) is 16.2. The van der Waals surface area contributed by atoms with Crippen LogP contribution >= 0.6 is 0 Å². The maximum Gasteiger partial charge on any atom is 0.251 e. The molecule has 2 aromatic carbocycles. The molecule has 3 rings (SSSR count). The number of nitrogens with zero attached hydrogens (tertiary/aromatic N) is 1. The molecule has 1 atom stereocenters. The molecule has 1 unspecified atom stereocenters. The van der Waals surface area contributed by atoms with Crippen LogP contribution in [0.1, 0.15) is 28.8 Å². The lowest BCUT2D eigenvalue weighted by Gasteiger charge is -2.16. The van der Waals surface area contributed by atoms with E-state index in [1.807, 2.05) is 30.3 Å². The van der Waals surface area contributed by atoms with Crippen molar-refractivity contribution in [2.75, 3.05) is 19.6 Å². The van der Waals surface area contributed by atoms with Gasteiger partial charge in [-0.2, -0.15) is 4.31 Å². The summed E-state index contributed by atoms with van der Waals surface area (Å²) < 4.78 is 26.5. The Kier molecular flexibility index (Phi) is 6.26. The predicted molar refractivity (Wildman–Crippen MR) is 103 cm³/mol. The fourth-order valence-electron chi connectivity index (χ4n) is 3.13.